The van der Waals surface area contributed by atoms with Gasteiger partial charge in [0.25, 0.3) is 0 Å². The molecule has 0 amide bonds. The Morgan fingerprint density at radius 3 is 2.75 bits per heavy atom. The lowest BCUT2D eigenvalue weighted by Gasteiger charge is -2.11. The van der Waals surface area contributed by atoms with Crippen LogP contribution in [0.25, 0.3) is 11.3 Å². The number of anilines is 1. The SMILES string of the molecule is COc1cccc(Br)c1-c1c(N)cnn1C. The smallest absolute Gasteiger partial charge is 0.129 e. The molecule has 0 bridgehead atoms. The zero-order valence-electron chi connectivity index (χ0n) is 9.07. The standard InChI is InChI=1S/C11H12BrN3O/c1-15-11(8(13)6-14-15)10-7(12)4-3-5-9(10)16-2/h3-6H,13H2,1-2H3. The van der Waals surface area contributed by atoms with E-state index in [9.17, 15) is 0 Å². The van der Waals surface area contributed by atoms with Crippen molar-refractivity contribution in [3.8, 4) is 17.0 Å². The summed E-state index contributed by atoms with van der Waals surface area (Å²) in [6.45, 7) is 0. The van der Waals surface area contributed by atoms with Crippen molar-refractivity contribution in [2.45, 2.75) is 0 Å². The number of hydrogen-bond donors (Lipinski definition) is 1. The summed E-state index contributed by atoms with van der Waals surface area (Å²) in [5.74, 6) is 0.768. The van der Waals surface area contributed by atoms with Gasteiger partial charge in [-0.05, 0) is 28.1 Å². The maximum atomic E-state index is 5.91. The number of ether oxygens (including phenoxy) is 1. The second kappa shape index (κ2) is 4.17. The quantitative estimate of drug-likeness (QED) is 0.920. The zero-order valence-corrected chi connectivity index (χ0v) is 10.7. The highest BCUT2D eigenvalue weighted by molar-refractivity contribution is 9.10. The number of aromatic nitrogens is 2. The molecule has 2 rings (SSSR count). The summed E-state index contributed by atoms with van der Waals surface area (Å²) in [5.41, 5.74) is 8.31. The summed E-state index contributed by atoms with van der Waals surface area (Å²) in [7, 11) is 3.49. The van der Waals surface area contributed by atoms with Gasteiger partial charge < -0.3 is 10.5 Å². The molecule has 0 saturated carbocycles. The summed E-state index contributed by atoms with van der Waals surface area (Å²) in [6, 6.07) is 5.76. The van der Waals surface area contributed by atoms with E-state index in [0.29, 0.717) is 5.69 Å². The molecule has 2 aromatic rings. The Balaban J connectivity index is 2.72. The second-order valence-electron chi connectivity index (χ2n) is 3.39. The molecule has 16 heavy (non-hydrogen) atoms. The van der Waals surface area contributed by atoms with Crippen LogP contribution in [0.5, 0.6) is 5.75 Å². The van der Waals surface area contributed by atoms with Crippen LogP contribution in [0.3, 0.4) is 0 Å². The summed E-state index contributed by atoms with van der Waals surface area (Å²) < 4.78 is 8.00. The minimum absolute atomic E-state index is 0.632. The first kappa shape index (κ1) is 11.0. The highest BCUT2D eigenvalue weighted by atomic mass is 79.9. The van der Waals surface area contributed by atoms with Crippen molar-refractivity contribution in [3.63, 3.8) is 0 Å². The fourth-order valence-electron chi connectivity index (χ4n) is 1.66. The first-order valence-electron chi connectivity index (χ1n) is 4.75. The van der Waals surface area contributed by atoms with Crippen LogP contribution >= 0.6 is 15.9 Å². The van der Waals surface area contributed by atoms with Crippen molar-refractivity contribution >= 4 is 21.6 Å². The third-order valence-electron chi connectivity index (χ3n) is 2.40. The Labute approximate surface area is 102 Å². The van der Waals surface area contributed by atoms with Crippen LogP contribution in [0.2, 0.25) is 0 Å². The molecule has 0 radical (unpaired) electrons. The lowest BCUT2D eigenvalue weighted by atomic mass is 10.1. The molecule has 0 spiro atoms. The van der Waals surface area contributed by atoms with E-state index in [1.54, 1.807) is 18.0 Å². The van der Waals surface area contributed by atoms with Crippen molar-refractivity contribution in [1.82, 2.24) is 9.78 Å². The maximum absolute atomic E-state index is 5.91. The summed E-state index contributed by atoms with van der Waals surface area (Å²) in [4.78, 5) is 0. The third-order valence-corrected chi connectivity index (χ3v) is 3.06. The van der Waals surface area contributed by atoms with Gasteiger partial charge in [-0.1, -0.05) is 6.07 Å². The van der Waals surface area contributed by atoms with Gasteiger partial charge in [0, 0.05) is 11.5 Å². The number of hydrogen-bond acceptors (Lipinski definition) is 3. The molecule has 0 fully saturated rings. The van der Waals surface area contributed by atoms with Crippen LogP contribution in [-0.2, 0) is 7.05 Å². The van der Waals surface area contributed by atoms with Gasteiger partial charge in [-0.3, -0.25) is 4.68 Å². The van der Waals surface area contributed by atoms with Gasteiger partial charge in [0.15, 0.2) is 0 Å². The van der Waals surface area contributed by atoms with E-state index in [4.69, 9.17) is 10.5 Å². The summed E-state index contributed by atoms with van der Waals surface area (Å²) >= 11 is 3.50. The lowest BCUT2D eigenvalue weighted by Crippen LogP contribution is -1.98. The van der Waals surface area contributed by atoms with Crippen LogP contribution in [0.4, 0.5) is 5.69 Å². The maximum Gasteiger partial charge on any atom is 0.129 e. The molecule has 5 heteroatoms. The van der Waals surface area contributed by atoms with E-state index < -0.39 is 0 Å². The highest BCUT2D eigenvalue weighted by Crippen LogP contribution is 2.38. The second-order valence-corrected chi connectivity index (χ2v) is 4.24. The monoisotopic (exact) mass is 281 g/mol. The number of aryl methyl sites for hydroxylation is 1. The molecule has 1 heterocycles. The van der Waals surface area contributed by atoms with Gasteiger partial charge in [0.1, 0.15) is 5.75 Å². The van der Waals surface area contributed by atoms with E-state index in [0.717, 1.165) is 21.5 Å². The Bertz CT molecular complexity index is 502. The average Bonchev–Trinajstić information content (AvgIpc) is 2.59. The molecular formula is C11H12BrN3O. The van der Waals surface area contributed by atoms with E-state index in [1.165, 1.54) is 0 Å². The number of nitrogen functional groups attached to an aromatic ring is 1. The highest BCUT2D eigenvalue weighted by Gasteiger charge is 2.16. The molecule has 4 nitrogen and oxygen atoms in total. The predicted molar refractivity (Wildman–Crippen MR) is 67.3 cm³/mol. The number of rotatable bonds is 2. The fraction of sp³-hybridized carbons (Fsp3) is 0.182. The largest absolute Gasteiger partial charge is 0.496 e. The van der Waals surface area contributed by atoms with E-state index in [1.807, 2.05) is 25.2 Å². The molecule has 0 aliphatic rings. The van der Waals surface area contributed by atoms with Crippen molar-refractivity contribution in [1.29, 1.82) is 0 Å². The molecule has 84 valence electrons. The van der Waals surface area contributed by atoms with Gasteiger partial charge in [0.2, 0.25) is 0 Å². The van der Waals surface area contributed by atoms with Crippen molar-refractivity contribution in [2.75, 3.05) is 12.8 Å². The van der Waals surface area contributed by atoms with E-state index >= 15 is 0 Å². The van der Waals surface area contributed by atoms with E-state index in [2.05, 4.69) is 21.0 Å². The molecule has 1 aromatic heterocycles. The van der Waals surface area contributed by atoms with Crippen LogP contribution in [0, 0.1) is 0 Å². The van der Waals surface area contributed by atoms with E-state index in [-0.39, 0.29) is 0 Å². The number of methoxy groups -OCH3 is 1. The van der Waals surface area contributed by atoms with Gasteiger partial charge in [-0.2, -0.15) is 5.10 Å². The minimum Gasteiger partial charge on any atom is -0.496 e. The number of nitrogens with two attached hydrogens (primary N) is 1. The van der Waals surface area contributed by atoms with Crippen molar-refractivity contribution in [2.24, 2.45) is 7.05 Å². The Morgan fingerprint density at radius 2 is 2.19 bits per heavy atom. The molecule has 0 atom stereocenters. The minimum atomic E-state index is 0.632. The Kier molecular flexibility index (Phi) is 2.87. The third kappa shape index (κ3) is 1.67. The topological polar surface area (TPSA) is 53.1 Å². The average molecular weight is 282 g/mol. The molecule has 1 aromatic carbocycles. The van der Waals surface area contributed by atoms with Gasteiger partial charge >= 0.3 is 0 Å². The molecular weight excluding hydrogens is 270 g/mol. The number of benzene rings is 1. The normalized spacial score (nSPS) is 10.4. The van der Waals surface area contributed by atoms with Gasteiger partial charge in [-0.25, -0.2) is 0 Å². The van der Waals surface area contributed by atoms with Gasteiger partial charge in [0.05, 0.1) is 30.3 Å². The van der Waals surface area contributed by atoms with Crippen LogP contribution in [0.1, 0.15) is 0 Å². The molecule has 0 unspecified atom stereocenters. The lowest BCUT2D eigenvalue weighted by molar-refractivity contribution is 0.416. The van der Waals surface area contributed by atoms with Crippen LogP contribution in [0.15, 0.2) is 28.9 Å². The molecule has 2 N–H and O–H groups in total. The summed E-state index contributed by atoms with van der Waals surface area (Å²) in [6.07, 6.45) is 1.63. The Hall–Kier alpha value is -1.49. The van der Waals surface area contributed by atoms with Crippen LogP contribution in [-0.4, -0.2) is 16.9 Å². The molecule has 0 aliphatic heterocycles. The van der Waals surface area contributed by atoms with Crippen molar-refractivity contribution < 1.29 is 4.74 Å². The Morgan fingerprint density at radius 1 is 1.44 bits per heavy atom. The predicted octanol–water partition coefficient (Wildman–Crippen LogP) is 2.44. The van der Waals surface area contributed by atoms with Crippen LogP contribution < -0.4 is 10.5 Å². The van der Waals surface area contributed by atoms with Crippen molar-refractivity contribution in [3.05, 3.63) is 28.9 Å². The fourth-order valence-corrected chi connectivity index (χ4v) is 2.20. The zero-order chi connectivity index (χ0) is 11.7. The first-order valence-corrected chi connectivity index (χ1v) is 5.54. The number of halogens is 1. The molecule has 0 saturated heterocycles. The molecule has 0 aliphatic carbocycles. The number of nitrogens with zero attached hydrogens (tertiary/aromatic N) is 2. The van der Waals surface area contributed by atoms with Gasteiger partial charge in [-0.15, -0.1) is 0 Å². The first-order chi connectivity index (χ1) is 7.65. The summed E-state index contributed by atoms with van der Waals surface area (Å²) in [5, 5.41) is 4.12.